The molecule has 4 amide bonds. The number of nitrogens with two attached hydrogens (primary N) is 1. The predicted molar refractivity (Wildman–Crippen MR) is 229 cm³/mol. The summed E-state index contributed by atoms with van der Waals surface area (Å²) in [5.41, 5.74) is 9.28. The predicted octanol–water partition coefficient (Wildman–Crippen LogP) is 3.30. The number of amides is 4. The summed E-state index contributed by atoms with van der Waals surface area (Å²) in [5.74, 6) is -2.53. The zero-order valence-corrected chi connectivity index (χ0v) is 35.1. The SMILES string of the molecule is Cn1c(=O)n(C2CCC(=O)NC2=O)c2cccc(CCCN3CCO[C@H](CNCc4ccc(-n5cc(NC(=O)c6coc(-c7ccnc(NCC(F)(F)F)c7)n6)c(C(N)=O)n5)cc4)C3)c21. The Bertz CT molecular complexity index is 2800. The third kappa shape index (κ3) is 10.3. The fourth-order valence-electron chi connectivity index (χ4n) is 8.02. The largest absolute Gasteiger partial charge is 0.444 e. The lowest BCUT2D eigenvalue weighted by Crippen LogP contribution is -2.46. The van der Waals surface area contributed by atoms with Crippen molar-refractivity contribution in [2.75, 3.05) is 50.0 Å². The molecule has 2 aliphatic rings. The van der Waals surface area contributed by atoms with Crippen molar-refractivity contribution in [2.24, 2.45) is 12.8 Å². The van der Waals surface area contributed by atoms with Gasteiger partial charge in [0.1, 0.15) is 24.7 Å². The van der Waals surface area contributed by atoms with E-state index in [0.717, 1.165) is 55.4 Å². The molecule has 65 heavy (non-hydrogen) atoms. The number of aromatic nitrogens is 6. The summed E-state index contributed by atoms with van der Waals surface area (Å²) in [6.45, 7) is 2.86. The highest BCUT2D eigenvalue weighted by molar-refractivity contribution is 6.07. The van der Waals surface area contributed by atoms with Crippen molar-refractivity contribution in [3.8, 4) is 17.1 Å². The Kier molecular flexibility index (Phi) is 12.9. The number of nitrogens with one attached hydrogen (secondary N) is 4. The van der Waals surface area contributed by atoms with E-state index >= 15 is 0 Å². The third-order valence-corrected chi connectivity index (χ3v) is 11.2. The van der Waals surface area contributed by atoms with Gasteiger partial charge in [0.15, 0.2) is 11.4 Å². The molecular formula is C43H45F3N12O7. The topological polar surface area (TPSA) is 239 Å². The summed E-state index contributed by atoms with van der Waals surface area (Å²) in [5, 5.41) is 14.9. The van der Waals surface area contributed by atoms with Crippen LogP contribution in [0, 0.1) is 0 Å². The molecule has 6 aromatic rings. The third-order valence-electron chi connectivity index (χ3n) is 11.2. The Hall–Kier alpha value is -7.17. The van der Waals surface area contributed by atoms with Gasteiger partial charge in [-0.05, 0) is 67.3 Å². The second-order valence-electron chi connectivity index (χ2n) is 15.7. The second-order valence-corrected chi connectivity index (χ2v) is 15.7. The fourth-order valence-corrected chi connectivity index (χ4v) is 8.02. The number of benzene rings is 2. The minimum absolute atomic E-state index is 0.0212. The number of ether oxygens (including phenoxy) is 1. The average Bonchev–Trinajstić information content (AvgIpc) is 4.01. The first-order valence-electron chi connectivity index (χ1n) is 20.8. The molecule has 4 aromatic heterocycles. The monoisotopic (exact) mass is 898 g/mol. The number of alkyl halides is 3. The Morgan fingerprint density at radius 3 is 2.66 bits per heavy atom. The van der Waals surface area contributed by atoms with Crippen LogP contribution in [0.3, 0.4) is 0 Å². The Labute approximate surface area is 368 Å². The standard InChI is InChI=1S/C43H45F3N12O7/c1-55-37-26(4-2-6-32(37)58(42(55)63)33-11-12-35(59)53-40(33)62)5-3-15-56-16-17-64-29(21-56)20-48-19-25-7-9-28(10-8-25)57-22-30(36(54-57)38(47)60)51-39(61)31-23-65-41(52-31)27-13-14-49-34(18-27)50-24-43(44,45)46/h2,4,6-10,13-14,18,22-23,29,33,48H,3,5,11-12,15-17,19-21,24H2,1H3,(H2,47,60)(H,49,50)(H,51,61)(H,53,59,62)/t29-,33?/m1/s1. The number of pyridine rings is 1. The summed E-state index contributed by atoms with van der Waals surface area (Å²) in [6, 6.07) is 15.2. The minimum atomic E-state index is -4.45. The lowest BCUT2D eigenvalue weighted by Gasteiger charge is -2.33. The van der Waals surface area contributed by atoms with Gasteiger partial charge in [0, 0.05) is 51.4 Å². The normalized spacial score (nSPS) is 17.0. The number of aryl methyl sites for hydroxylation is 2. The van der Waals surface area contributed by atoms with Crippen LogP contribution in [0.2, 0.25) is 0 Å². The number of anilines is 2. The number of imide groups is 1. The molecule has 2 fully saturated rings. The first-order valence-corrected chi connectivity index (χ1v) is 20.8. The zero-order valence-electron chi connectivity index (χ0n) is 35.1. The summed E-state index contributed by atoms with van der Waals surface area (Å²) in [6.07, 6.45) is 1.34. The summed E-state index contributed by atoms with van der Waals surface area (Å²) >= 11 is 0. The van der Waals surface area contributed by atoms with Gasteiger partial charge in [-0.15, -0.1) is 0 Å². The van der Waals surface area contributed by atoms with Crippen LogP contribution < -0.4 is 32.7 Å². The Morgan fingerprint density at radius 2 is 1.89 bits per heavy atom. The number of hydrogen-bond donors (Lipinski definition) is 5. The maximum absolute atomic E-state index is 13.3. The molecule has 340 valence electrons. The number of carbonyl (C=O) groups excluding carboxylic acids is 4. The maximum Gasteiger partial charge on any atom is 0.405 e. The van der Waals surface area contributed by atoms with E-state index in [9.17, 15) is 37.1 Å². The van der Waals surface area contributed by atoms with Crippen molar-refractivity contribution in [2.45, 2.75) is 50.6 Å². The quantitative estimate of drug-likeness (QED) is 0.0878. The van der Waals surface area contributed by atoms with Crippen LogP contribution in [0.15, 0.2) is 82.5 Å². The van der Waals surface area contributed by atoms with Gasteiger partial charge in [0.2, 0.25) is 17.7 Å². The maximum atomic E-state index is 13.3. The van der Waals surface area contributed by atoms with E-state index < -0.39 is 36.5 Å². The van der Waals surface area contributed by atoms with Crippen molar-refractivity contribution < 1.29 is 41.5 Å². The molecular weight excluding hydrogens is 854 g/mol. The smallest absolute Gasteiger partial charge is 0.405 e. The highest BCUT2D eigenvalue weighted by atomic mass is 19.4. The molecule has 8 rings (SSSR count). The molecule has 0 bridgehead atoms. The number of imidazole rings is 1. The zero-order chi connectivity index (χ0) is 45.8. The van der Waals surface area contributed by atoms with E-state index in [0.29, 0.717) is 30.9 Å². The number of para-hydroxylation sites is 1. The average molecular weight is 899 g/mol. The van der Waals surface area contributed by atoms with Gasteiger partial charge in [0.25, 0.3) is 11.8 Å². The summed E-state index contributed by atoms with van der Waals surface area (Å²) in [7, 11) is 1.71. The van der Waals surface area contributed by atoms with Crippen LogP contribution in [-0.4, -0.2) is 109 Å². The molecule has 2 aromatic carbocycles. The highest BCUT2D eigenvalue weighted by Crippen LogP contribution is 2.27. The van der Waals surface area contributed by atoms with Crippen molar-refractivity contribution in [3.63, 3.8) is 0 Å². The van der Waals surface area contributed by atoms with Gasteiger partial charge in [-0.25, -0.2) is 19.4 Å². The van der Waals surface area contributed by atoms with E-state index in [1.165, 1.54) is 33.8 Å². The minimum Gasteiger partial charge on any atom is -0.444 e. The molecule has 6 N–H and O–H groups in total. The van der Waals surface area contributed by atoms with Crippen LogP contribution >= 0.6 is 0 Å². The molecule has 2 aliphatic heterocycles. The Balaban J connectivity index is 0.817. The number of primary amides is 1. The van der Waals surface area contributed by atoms with Crippen molar-refractivity contribution >= 4 is 46.2 Å². The molecule has 22 heteroatoms. The molecule has 0 saturated carbocycles. The highest BCUT2D eigenvalue weighted by Gasteiger charge is 2.32. The summed E-state index contributed by atoms with van der Waals surface area (Å²) < 4.78 is 53.9. The molecule has 0 radical (unpaired) electrons. The number of carbonyl (C=O) groups is 4. The van der Waals surface area contributed by atoms with Gasteiger partial charge in [-0.1, -0.05) is 24.3 Å². The van der Waals surface area contributed by atoms with Gasteiger partial charge in [-0.2, -0.15) is 18.3 Å². The van der Waals surface area contributed by atoms with E-state index in [4.69, 9.17) is 14.9 Å². The van der Waals surface area contributed by atoms with Gasteiger partial charge in [0.05, 0.1) is 41.3 Å². The van der Waals surface area contributed by atoms with Crippen LogP contribution in [0.1, 0.15) is 57.4 Å². The number of rotatable bonds is 16. The molecule has 0 aliphatic carbocycles. The van der Waals surface area contributed by atoms with Crippen LogP contribution in [0.25, 0.3) is 28.2 Å². The van der Waals surface area contributed by atoms with E-state index in [-0.39, 0.29) is 64.9 Å². The number of oxazole rings is 1. The molecule has 19 nitrogen and oxygen atoms in total. The number of morpholine rings is 1. The van der Waals surface area contributed by atoms with Crippen LogP contribution in [0.5, 0.6) is 0 Å². The lowest BCUT2D eigenvalue weighted by atomic mass is 10.0. The van der Waals surface area contributed by atoms with Crippen molar-refractivity contribution in [1.29, 1.82) is 0 Å². The van der Waals surface area contributed by atoms with E-state index in [1.54, 1.807) is 23.7 Å². The van der Waals surface area contributed by atoms with Gasteiger partial charge in [-0.3, -0.25) is 38.5 Å². The number of fused-ring (bicyclic) bond motifs is 1. The molecule has 2 saturated heterocycles. The van der Waals surface area contributed by atoms with Crippen molar-refractivity contribution in [1.82, 2.24) is 44.4 Å². The molecule has 0 spiro atoms. The van der Waals surface area contributed by atoms with Gasteiger partial charge < -0.3 is 30.8 Å². The van der Waals surface area contributed by atoms with Crippen LogP contribution in [0.4, 0.5) is 24.7 Å². The van der Waals surface area contributed by atoms with Crippen molar-refractivity contribution in [3.05, 3.63) is 106 Å². The molecule has 1 unspecified atom stereocenters. The van der Waals surface area contributed by atoms with E-state index in [2.05, 4.69) is 41.2 Å². The number of piperidine rings is 1. The first-order chi connectivity index (χ1) is 31.2. The molecule has 6 heterocycles. The Morgan fingerprint density at radius 1 is 1.08 bits per heavy atom. The van der Waals surface area contributed by atoms with Gasteiger partial charge >= 0.3 is 11.9 Å². The number of hydrogen-bond acceptors (Lipinski definition) is 13. The fraction of sp³-hybridized carbons (Fsp3) is 0.349. The number of nitrogens with zero attached hydrogens (tertiary/aromatic N) is 7. The first kappa shape index (κ1) is 44.4. The second kappa shape index (κ2) is 18.9. The van der Waals surface area contributed by atoms with Crippen LogP contribution in [-0.2, 0) is 34.3 Å². The lowest BCUT2D eigenvalue weighted by molar-refractivity contribution is -0.135. The summed E-state index contributed by atoms with van der Waals surface area (Å²) in [4.78, 5) is 73.5. The van der Waals surface area contributed by atoms with E-state index in [1.807, 2.05) is 30.3 Å². The number of halogens is 3. The molecule has 2 atom stereocenters.